The molecule has 0 bridgehead atoms. The Kier molecular flexibility index (Phi) is 2.45. The first-order valence-corrected chi connectivity index (χ1v) is 5.16. The number of hydrogen-bond acceptors (Lipinski definition) is 6. The Morgan fingerprint density at radius 2 is 1.88 bits per heavy atom. The fraction of sp³-hybridized carbons (Fsp3) is 0.800. The molecule has 0 saturated heterocycles. The fourth-order valence-corrected chi connectivity index (χ4v) is 3.00. The second-order valence-electron chi connectivity index (χ2n) is 4.57. The van der Waals surface area contributed by atoms with E-state index in [0.717, 1.165) is 14.2 Å². The minimum absolute atomic E-state index is 0.113. The summed E-state index contributed by atoms with van der Waals surface area (Å²) in [7, 11) is 2.16. The second-order valence-corrected chi connectivity index (χ2v) is 4.57. The van der Waals surface area contributed by atoms with Crippen molar-refractivity contribution in [3.05, 3.63) is 0 Å². The summed E-state index contributed by atoms with van der Waals surface area (Å²) in [4.78, 5) is 22.9. The zero-order chi connectivity index (χ0) is 13.0. The van der Waals surface area contributed by atoms with E-state index >= 15 is 0 Å². The summed E-state index contributed by atoms with van der Waals surface area (Å²) < 4.78 is 23.2. The quantitative estimate of drug-likeness (QED) is 0.591. The van der Waals surface area contributed by atoms with E-state index in [4.69, 9.17) is 5.73 Å². The molecule has 7 heteroatoms. The molecule has 0 aromatic heterocycles. The lowest BCUT2D eigenvalue weighted by atomic mass is 9.90. The van der Waals surface area contributed by atoms with Crippen molar-refractivity contribution < 1.29 is 28.6 Å². The zero-order valence-electron chi connectivity index (χ0n) is 9.47. The van der Waals surface area contributed by atoms with Gasteiger partial charge in [-0.15, -0.1) is 0 Å². The van der Waals surface area contributed by atoms with Crippen LogP contribution in [-0.2, 0) is 19.1 Å². The van der Waals surface area contributed by atoms with Crippen molar-refractivity contribution in [3.63, 3.8) is 0 Å². The van der Waals surface area contributed by atoms with Gasteiger partial charge in [0, 0.05) is 18.3 Å². The van der Waals surface area contributed by atoms with Crippen LogP contribution in [0, 0.1) is 11.8 Å². The maximum atomic E-state index is 14.3. The Morgan fingerprint density at radius 1 is 1.35 bits per heavy atom. The van der Waals surface area contributed by atoms with Crippen LogP contribution in [0.3, 0.4) is 0 Å². The Bertz CT molecular complexity index is 389. The van der Waals surface area contributed by atoms with Crippen molar-refractivity contribution in [2.75, 3.05) is 14.2 Å². The molecule has 96 valence electrons. The number of methoxy groups -OCH3 is 2. The average Bonchev–Trinajstić information content (AvgIpc) is 2.84. The van der Waals surface area contributed by atoms with Gasteiger partial charge in [0.2, 0.25) is 5.67 Å². The number of halogens is 1. The third-order valence-corrected chi connectivity index (χ3v) is 3.77. The molecule has 0 aromatic rings. The summed E-state index contributed by atoms with van der Waals surface area (Å²) in [6.07, 6.45) is -1.26. The molecule has 2 fully saturated rings. The van der Waals surface area contributed by atoms with Gasteiger partial charge in [-0.05, 0) is 0 Å². The summed E-state index contributed by atoms with van der Waals surface area (Å²) >= 11 is 0. The molecule has 2 aliphatic rings. The van der Waals surface area contributed by atoms with Crippen LogP contribution in [0.4, 0.5) is 4.39 Å². The third kappa shape index (κ3) is 1.26. The number of alkyl halides is 1. The molecule has 0 heterocycles. The first-order valence-electron chi connectivity index (χ1n) is 5.16. The number of nitrogens with two attached hydrogens (primary N) is 1. The molecule has 0 radical (unpaired) electrons. The summed E-state index contributed by atoms with van der Waals surface area (Å²) in [6, 6.07) is 0. The average molecular weight is 247 g/mol. The Morgan fingerprint density at radius 3 is 2.35 bits per heavy atom. The maximum absolute atomic E-state index is 14.3. The van der Waals surface area contributed by atoms with Gasteiger partial charge in [0.05, 0.1) is 20.3 Å². The summed E-state index contributed by atoms with van der Waals surface area (Å²) in [5.41, 5.74) is 1.73. The smallest absolute Gasteiger partial charge is 0.344 e. The van der Waals surface area contributed by atoms with Crippen LogP contribution < -0.4 is 5.73 Å². The topological polar surface area (TPSA) is 98.9 Å². The SMILES string of the molecule is COC(=O)C1(N)CC(O)C2C1C2(F)C(=O)OC. The second kappa shape index (κ2) is 3.39. The number of carbonyl (C=O) groups is 2. The summed E-state index contributed by atoms with van der Waals surface area (Å²) in [6.45, 7) is 0. The molecule has 0 aliphatic heterocycles. The third-order valence-electron chi connectivity index (χ3n) is 3.77. The molecule has 2 saturated carbocycles. The lowest BCUT2D eigenvalue weighted by Gasteiger charge is -2.26. The van der Waals surface area contributed by atoms with Gasteiger partial charge in [0.25, 0.3) is 0 Å². The number of fused-ring (bicyclic) bond motifs is 1. The van der Waals surface area contributed by atoms with Crippen LogP contribution in [0.15, 0.2) is 0 Å². The van der Waals surface area contributed by atoms with Crippen LogP contribution in [-0.4, -0.2) is 48.6 Å². The molecule has 17 heavy (non-hydrogen) atoms. The Labute approximate surface area is 96.9 Å². The fourth-order valence-electron chi connectivity index (χ4n) is 3.00. The van der Waals surface area contributed by atoms with Gasteiger partial charge in [-0.1, -0.05) is 0 Å². The normalized spacial score (nSPS) is 47.2. The highest BCUT2D eigenvalue weighted by atomic mass is 19.1. The van der Waals surface area contributed by atoms with Crippen LogP contribution in [0.2, 0.25) is 0 Å². The highest BCUT2D eigenvalue weighted by Crippen LogP contribution is 2.66. The van der Waals surface area contributed by atoms with Crippen molar-refractivity contribution in [1.82, 2.24) is 0 Å². The van der Waals surface area contributed by atoms with Gasteiger partial charge in [-0.3, -0.25) is 4.79 Å². The standard InChI is InChI=1S/C10H14FNO5/c1-16-7(14)9(12)3-4(13)5-6(9)10(5,11)8(15)17-2/h4-6,13H,3,12H2,1-2H3. The van der Waals surface area contributed by atoms with E-state index in [1.807, 2.05) is 0 Å². The summed E-state index contributed by atoms with van der Waals surface area (Å²) in [5.74, 6) is -4.00. The minimum atomic E-state index is -2.38. The Balaban J connectivity index is 2.32. The monoisotopic (exact) mass is 247 g/mol. The lowest BCUT2D eigenvalue weighted by molar-refractivity contribution is -0.155. The lowest BCUT2D eigenvalue weighted by Crippen LogP contribution is -2.54. The van der Waals surface area contributed by atoms with Crippen molar-refractivity contribution in [2.24, 2.45) is 17.6 Å². The first kappa shape index (κ1) is 12.3. The molecule has 0 spiro atoms. The largest absolute Gasteiger partial charge is 0.468 e. The van der Waals surface area contributed by atoms with E-state index in [1.54, 1.807) is 0 Å². The zero-order valence-corrected chi connectivity index (χ0v) is 9.47. The van der Waals surface area contributed by atoms with Gasteiger partial charge in [0.15, 0.2) is 0 Å². The molecule has 6 nitrogen and oxygen atoms in total. The van der Waals surface area contributed by atoms with E-state index in [-0.39, 0.29) is 6.42 Å². The van der Waals surface area contributed by atoms with E-state index < -0.39 is 41.1 Å². The molecule has 0 aromatic carbocycles. The van der Waals surface area contributed by atoms with Crippen LogP contribution in [0.1, 0.15) is 6.42 Å². The molecule has 5 atom stereocenters. The highest BCUT2D eigenvalue weighted by molar-refractivity contribution is 5.91. The highest BCUT2D eigenvalue weighted by Gasteiger charge is 2.85. The van der Waals surface area contributed by atoms with Crippen molar-refractivity contribution in [2.45, 2.75) is 23.7 Å². The number of ether oxygens (including phenoxy) is 2. The number of esters is 2. The number of rotatable bonds is 2. The minimum Gasteiger partial charge on any atom is -0.468 e. The van der Waals surface area contributed by atoms with Crippen LogP contribution in [0.5, 0.6) is 0 Å². The van der Waals surface area contributed by atoms with Gasteiger partial charge in [0.1, 0.15) is 5.54 Å². The van der Waals surface area contributed by atoms with Gasteiger partial charge >= 0.3 is 11.9 Å². The predicted octanol–water partition coefficient (Wildman–Crippen LogP) is -1.25. The van der Waals surface area contributed by atoms with E-state index in [2.05, 4.69) is 9.47 Å². The van der Waals surface area contributed by atoms with Crippen molar-refractivity contribution >= 4 is 11.9 Å². The predicted molar refractivity (Wildman–Crippen MR) is 52.4 cm³/mol. The van der Waals surface area contributed by atoms with Crippen molar-refractivity contribution in [1.29, 1.82) is 0 Å². The van der Waals surface area contributed by atoms with E-state index in [9.17, 15) is 19.1 Å². The van der Waals surface area contributed by atoms with E-state index in [0.29, 0.717) is 0 Å². The number of aliphatic hydroxyl groups is 1. The summed E-state index contributed by atoms with van der Waals surface area (Å²) in [5, 5.41) is 9.66. The van der Waals surface area contributed by atoms with E-state index in [1.165, 1.54) is 0 Å². The number of carbonyl (C=O) groups excluding carboxylic acids is 2. The number of aliphatic hydroxyl groups excluding tert-OH is 1. The molecule has 2 rings (SSSR count). The Hall–Kier alpha value is -1.21. The first-order chi connectivity index (χ1) is 7.83. The number of hydrogen-bond donors (Lipinski definition) is 2. The molecular formula is C10H14FNO5. The van der Waals surface area contributed by atoms with Gasteiger partial charge in [-0.25, -0.2) is 9.18 Å². The van der Waals surface area contributed by atoms with Gasteiger partial charge in [-0.2, -0.15) is 0 Å². The van der Waals surface area contributed by atoms with Crippen LogP contribution in [0.25, 0.3) is 0 Å². The molecule has 3 N–H and O–H groups in total. The molecule has 0 amide bonds. The molecule has 2 aliphatic carbocycles. The van der Waals surface area contributed by atoms with Gasteiger partial charge < -0.3 is 20.3 Å². The van der Waals surface area contributed by atoms with Crippen molar-refractivity contribution in [3.8, 4) is 0 Å². The molecule has 5 unspecified atom stereocenters. The maximum Gasteiger partial charge on any atom is 0.344 e. The molecular weight excluding hydrogens is 233 g/mol. The van der Waals surface area contributed by atoms with Crippen LogP contribution >= 0.6 is 0 Å².